The Hall–Kier alpha value is -7.86. The van der Waals surface area contributed by atoms with Gasteiger partial charge in [-0.1, -0.05) is 49.8 Å². The zero-order chi connectivity index (χ0) is 56.4. The van der Waals surface area contributed by atoms with E-state index in [0.717, 1.165) is 73.7 Å². The van der Waals surface area contributed by atoms with Gasteiger partial charge in [0.2, 0.25) is 5.13 Å². The fourth-order valence-electron chi connectivity index (χ4n) is 8.76. The average molecular weight is 1100 g/mol. The predicted molar refractivity (Wildman–Crippen MR) is 301 cm³/mol. The predicted octanol–water partition coefficient (Wildman–Crippen LogP) is 11.9. The van der Waals surface area contributed by atoms with Gasteiger partial charge in [-0.05, 0) is 169 Å². The summed E-state index contributed by atoms with van der Waals surface area (Å²) in [4.78, 5) is 80.5. The van der Waals surface area contributed by atoms with Crippen LogP contribution in [0.5, 0.6) is 23.0 Å². The Balaban J connectivity index is 0.956. The van der Waals surface area contributed by atoms with E-state index in [4.69, 9.17) is 37.9 Å². The van der Waals surface area contributed by atoms with Crippen LogP contribution in [0, 0.1) is 23.7 Å². The quantitative estimate of drug-likeness (QED) is 0.00529. The van der Waals surface area contributed by atoms with Gasteiger partial charge in [0.25, 0.3) is 0 Å². The molecule has 1 aromatic heterocycles. The summed E-state index contributed by atoms with van der Waals surface area (Å²) in [5.74, 6) is -2.23. The second kappa shape index (κ2) is 32.1. The molecule has 0 saturated heterocycles. The largest absolute Gasteiger partial charge is 0.494 e. The number of hydrogen-bond acceptors (Lipinski definition) is 18. The minimum Gasteiger partial charge on any atom is -0.494 e. The van der Waals surface area contributed by atoms with Crippen molar-refractivity contribution in [2.45, 2.75) is 103 Å². The highest BCUT2D eigenvalue weighted by molar-refractivity contribution is 7.22. The van der Waals surface area contributed by atoms with Crippen LogP contribution in [0.15, 0.2) is 134 Å². The van der Waals surface area contributed by atoms with Gasteiger partial charge < -0.3 is 37.9 Å². The van der Waals surface area contributed by atoms with Crippen LogP contribution in [0.1, 0.15) is 108 Å². The standard InChI is InChI=1S/C61H71N3O14S/c1-6-55(65)73-38-16-10-8-14-36-71-42(3)20-21-43(4)75-57(67)44-22-28-47(29-23-44)60(70)78-53-35-34-51(40-48(53)41-62-64(5)61-63-52-18-12-13-19-54(52)79-61)77-59(69)46-26-24-45(25-27-46)58(68)76-50-32-30-49(31-33-50)72-37-15-9-11-17-39-74-56(66)7-2/h6-7,12-13,18-21,30-35,40-41,44-47H,1-4,8-11,14-17,22-29,36-39H2,5H3/b21-20-,62-41+/t44-,45-,46-,47-. The lowest BCUT2D eigenvalue weighted by molar-refractivity contribution is -0.148. The Morgan fingerprint density at radius 1 is 0.582 bits per heavy atom. The number of anilines is 1. The lowest BCUT2D eigenvalue weighted by Crippen LogP contribution is -2.30. The molecule has 4 aromatic rings. The molecule has 0 N–H and O–H groups in total. The van der Waals surface area contributed by atoms with E-state index in [2.05, 4.69) is 36.4 Å². The second-order valence-electron chi connectivity index (χ2n) is 19.2. The van der Waals surface area contributed by atoms with Gasteiger partial charge in [-0.25, -0.2) is 19.6 Å². The molecular formula is C61H71N3O14S. The SMILES string of the molecule is C=CC(=O)OCCCCCCOC(=C)/C=C\C(=C)OC(=O)[C@H]1CC[C@H](C(=O)Oc2ccc(OC(=O)[C@H]3CC[C@H](C(=O)Oc4ccc(OCCCCCCOC(=O)C=C)cc4)CC3)cc2/C=N/N(C)c2nc3ccccc3s2)CC1. The molecule has 3 aromatic carbocycles. The molecule has 2 saturated carbocycles. The summed E-state index contributed by atoms with van der Waals surface area (Å²) in [6, 6.07) is 19.4. The van der Waals surface area contributed by atoms with Crippen molar-refractivity contribution in [3.63, 3.8) is 0 Å². The molecule has 0 radical (unpaired) electrons. The highest BCUT2D eigenvalue weighted by atomic mass is 32.1. The molecule has 2 aliphatic rings. The summed E-state index contributed by atoms with van der Waals surface area (Å²) in [6.45, 7) is 16.2. The molecule has 0 spiro atoms. The van der Waals surface area contributed by atoms with E-state index in [1.165, 1.54) is 23.6 Å². The Bertz CT molecular complexity index is 2770. The molecule has 0 atom stereocenters. The first-order chi connectivity index (χ1) is 38.3. The van der Waals surface area contributed by atoms with Crippen LogP contribution in [0.2, 0.25) is 0 Å². The van der Waals surface area contributed by atoms with E-state index in [0.29, 0.717) is 106 Å². The lowest BCUT2D eigenvalue weighted by atomic mass is 9.82. The molecule has 0 amide bonds. The molecule has 6 rings (SSSR count). The maximum atomic E-state index is 13.7. The van der Waals surface area contributed by atoms with Gasteiger partial charge in [-0.3, -0.25) is 19.2 Å². The normalized spacial score (nSPS) is 17.0. The fourth-order valence-corrected chi connectivity index (χ4v) is 9.64. The molecular weight excluding hydrogens is 1030 g/mol. The summed E-state index contributed by atoms with van der Waals surface area (Å²) < 4.78 is 45.6. The van der Waals surface area contributed by atoms with Gasteiger partial charge >= 0.3 is 35.8 Å². The number of para-hydroxylation sites is 1. The van der Waals surface area contributed by atoms with Gasteiger partial charge in [-0.2, -0.15) is 5.10 Å². The number of allylic oxidation sites excluding steroid dienone is 2. The third-order valence-corrected chi connectivity index (χ3v) is 14.4. The second-order valence-corrected chi connectivity index (χ2v) is 20.2. The van der Waals surface area contributed by atoms with Crippen molar-refractivity contribution in [3.8, 4) is 23.0 Å². The molecule has 0 unspecified atom stereocenters. The minimum absolute atomic E-state index is 0.141. The zero-order valence-electron chi connectivity index (χ0n) is 45.0. The molecule has 2 aliphatic carbocycles. The Labute approximate surface area is 465 Å². The van der Waals surface area contributed by atoms with Crippen LogP contribution in [-0.2, 0) is 47.7 Å². The number of esters is 6. The molecule has 0 bridgehead atoms. The van der Waals surface area contributed by atoms with E-state index >= 15 is 0 Å². The number of thiazole rings is 1. The molecule has 0 aliphatic heterocycles. The first-order valence-corrected chi connectivity index (χ1v) is 27.7. The summed E-state index contributed by atoms with van der Waals surface area (Å²) in [5, 5.41) is 6.87. The number of benzene rings is 3. The van der Waals surface area contributed by atoms with Crippen LogP contribution in [0.4, 0.5) is 5.13 Å². The maximum absolute atomic E-state index is 13.7. The third-order valence-electron chi connectivity index (χ3n) is 13.3. The van der Waals surface area contributed by atoms with E-state index in [1.807, 2.05) is 24.3 Å². The van der Waals surface area contributed by atoms with Crippen LogP contribution in [0.3, 0.4) is 0 Å². The maximum Gasteiger partial charge on any atom is 0.330 e. The number of carbonyl (C=O) groups is 6. The number of ether oxygens (including phenoxy) is 8. The Morgan fingerprint density at radius 3 is 1.63 bits per heavy atom. The number of nitrogens with zero attached hydrogens (tertiary/aromatic N) is 3. The van der Waals surface area contributed by atoms with E-state index in [-0.39, 0.29) is 29.1 Å². The van der Waals surface area contributed by atoms with Crippen LogP contribution in [0.25, 0.3) is 10.2 Å². The van der Waals surface area contributed by atoms with Crippen LogP contribution in [-0.4, -0.2) is 80.5 Å². The van der Waals surface area contributed by atoms with E-state index in [9.17, 15) is 28.8 Å². The smallest absolute Gasteiger partial charge is 0.330 e. The van der Waals surface area contributed by atoms with E-state index < -0.39 is 47.6 Å². The fraction of sp³-hybridized carbons (Fsp3) is 0.410. The Kier molecular flexibility index (Phi) is 24.6. The third kappa shape index (κ3) is 20.5. The van der Waals surface area contributed by atoms with Gasteiger partial charge in [0.05, 0.1) is 66.5 Å². The van der Waals surface area contributed by atoms with Crippen molar-refractivity contribution < 1.29 is 66.7 Å². The molecule has 420 valence electrons. The monoisotopic (exact) mass is 1100 g/mol. The van der Waals surface area contributed by atoms with Crippen molar-refractivity contribution >= 4 is 68.7 Å². The van der Waals surface area contributed by atoms with E-state index in [1.54, 1.807) is 60.6 Å². The summed E-state index contributed by atoms with van der Waals surface area (Å²) in [7, 11) is 1.76. The minimum atomic E-state index is -0.482. The van der Waals surface area contributed by atoms with Gasteiger partial charge in [0.15, 0.2) is 0 Å². The topological polar surface area (TPSA) is 205 Å². The molecule has 18 heteroatoms. The van der Waals surface area contributed by atoms with Crippen molar-refractivity contribution in [1.29, 1.82) is 0 Å². The Morgan fingerprint density at radius 2 is 1.06 bits per heavy atom. The highest BCUT2D eigenvalue weighted by Crippen LogP contribution is 2.35. The highest BCUT2D eigenvalue weighted by Gasteiger charge is 2.34. The molecule has 1 heterocycles. The number of hydrogen-bond donors (Lipinski definition) is 0. The summed E-state index contributed by atoms with van der Waals surface area (Å²) >= 11 is 1.47. The first-order valence-electron chi connectivity index (χ1n) is 26.9. The average Bonchev–Trinajstić information content (AvgIpc) is 3.93. The van der Waals surface area contributed by atoms with Gasteiger partial charge in [0.1, 0.15) is 34.5 Å². The van der Waals surface area contributed by atoms with Crippen molar-refractivity contribution in [2.75, 3.05) is 38.5 Å². The van der Waals surface area contributed by atoms with Crippen molar-refractivity contribution in [3.05, 3.63) is 134 Å². The first kappa shape index (κ1) is 60.4. The van der Waals surface area contributed by atoms with Gasteiger partial charge in [-0.15, -0.1) is 0 Å². The summed E-state index contributed by atoms with van der Waals surface area (Å²) in [6.07, 6.45) is 17.1. The van der Waals surface area contributed by atoms with Crippen molar-refractivity contribution in [2.24, 2.45) is 28.8 Å². The van der Waals surface area contributed by atoms with Crippen molar-refractivity contribution in [1.82, 2.24) is 4.98 Å². The number of rotatable bonds is 31. The molecule has 2 fully saturated rings. The van der Waals surface area contributed by atoms with Crippen LogP contribution >= 0.6 is 11.3 Å². The number of aromatic nitrogens is 1. The summed E-state index contributed by atoms with van der Waals surface area (Å²) in [5.41, 5.74) is 1.21. The molecule has 79 heavy (non-hydrogen) atoms. The van der Waals surface area contributed by atoms with Crippen LogP contribution < -0.4 is 24.0 Å². The number of fused-ring (bicyclic) bond motifs is 1. The number of hydrazone groups is 1. The number of unbranched alkanes of at least 4 members (excludes halogenated alkanes) is 6. The number of carbonyl (C=O) groups excluding carboxylic acids is 6. The van der Waals surface area contributed by atoms with Gasteiger partial charge in [0, 0.05) is 24.8 Å². The zero-order valence-corrected chi connectivity index (χ0v) is 45.8. The molecule has 17 nitrogen and oxygen atoms in total. The lowest BCUT2D eigenvalue weighted by Gasteiger charge is -2.26.